The van der Waals surface area contributed by atoms with Gasteiger partial charge in [0.05, 0.1) is 6.26 Å². The number of nitrogens with one attached hydrogen (secondary N) is 1. The van der Waals surface area contributed by atoms with Gasteiger partial charge in [-0.1, -0.05) is 18.2 Å². The zero-order valence-corrected chi connectivity index (χ0v) is 16.8. The summed E-state index contributed by atoms with van der Waals surface area (Å²) < 4.78 is 10.9. The number of aromatic nitrogens is 1. The third-order valence-electron chi connectivity index (χ3n) is 4.94. The number of furan rings is 1. The van der Waals surface area contributed by atoms with Crippen LogP contribution in [0.3, 0.4) is 0 Å². The smallest absolute Gasteiger partial charge is 0.330 e. The molecule has 3 aromatic rings. The Kier molecular flexibility index (Phi) is 5.19. The molecular formula is C21H20N2O5S. The molecule has 3 atom stereocenters. The minimum absolute atomic E-state index is 0.256. The molecule has 0 aliphatic carbocycles. The molecule has 0 saturated carbocycles. The molecule has 1 aliphatic rings. The monoisotopic (exact) mass is 412 g/mol. The van der Waals surface area contributed by atoms with Crippen LogP contribution in [0.25, 0.3) is 10.9 Å². The van der Waals surface area contributed by atoms with Crippen LogP contribution in [-0.2, 0) is 14.3 Å². The van der Waals surface area contributed by atoms with Crippen LogP contribution in [-0.4, -0.2) is 45.4 Å². The van der Waals surface area contributed by atoms with E-state index in [9.17, 15) is 14.4 Å². The Morgan fingerprint density at radius 3 is 2.76 bits per heavy atom. The molecule has 3 heterocycles. The molecule has 0 bridgehead atoms. The van der Waals surface area contributed by atoms with E-state index in [0.29, 0.717) is 17.1 Å². The van der Waals surface area contributed by atoms with Gasteiger partial charge in [-0.15, -0.1) is 11.8 Å². The molecule has 2 aromatic heterocycles. The van der Waals surface area contributed by atoms with Gasteiger partial charge in [0.15, 0.2) is 6.10 Å². The van der Waals surface area contributed by atoms with Crippen molar-refractivity contribution in [1.29, 1.82) is 0 Å². The van der Waals surface area contributed by atoms with Crippen molar-refractivity contribution in [2.24, 2.45) is 0 Å². The standard InChI is InChI=1S/C21H20N2O5S/c1-12(19(25)15-10-22-16-7-4-3-6-14(15)16)28-21(26)17-11-29-20(23(17)13(2)24)18-8-5-9-27-18/h3-10,12,17,20,22H,11H2,1-2H3/t12-,17-,20-/m1/s1. The number of carbonyl (C=O) groups is 3. The summed E-state index contributed by atoms with van der Waals surface area (Å²) in [5, 5.41) is 0.389. The third kappa shape index (κ3) is 3.55. The third-order valence-corrected chi connectivity index (χ3v) is 6.22. The first kappa shape index (κ1) is 19.3. The number of fused-ring (bicyclic) bond motifs is 1. The lowest BCUT2D eigenvalue weighted by atomic mass is 10.1. The average molecular weight is 412 g/mol. The van der Waals surface area contributed by atoms with Gasteiger partial charge in [-0.25, -0.2) is 4.79 Å². The molecule has 7 nitrogen and oxygen atoms in total. The Balaban J connectivity index is 1.49. The van der Waals surface area contributed by atoms with Gasteiger partial charge in [-0.3, -0.25) is 9.59 Å². The summed E-state index contributed by atoms with van der Waals surface area (Å²) in [5.74, 6) is -0.171. The van der Waals surface area contributed by atoms with E-state index in [-0.39, 0.29) is 17.1 Å². The number of ether oxygens (including phenoxy) is 1. The normalized spacial score (nSPS) is 20.0. The van der Waals surface area contributed by atoms with E-state index in [1.165, 1.54) is 29.8 Å². The Morgan fingerprint density at radius 1 is 1.24 bits per heavy atom. The summed E-state index contributed by atoms with van der Waals surface area (Å²) in [7, 11) is 0. The number of rotatable bonds is 5. The van der Waals surface area contributed by atoms with E-state index in [4.69, 9.17) is 9.15 Å². The maximum atomic E-state index is 12.8. The molecule has 1 fully saturated rings. The number of ketones is 1. The van der Waals surface area contributed by atoms with E-state index in [2.05, 4.69) is 4.98 Å². The number of carbonyl (C=O) groups excluding carboxylic acids is 3. The maximum absolute atomic E-state index is 12.8. The Hall–Kier alpha value is -3.00. The minimum Gasteiger partial charge on any atom is -0.466 e. The molecular weight excluding hydrogens is 392 g/mol. The zero-order valence-electron chi connectivity index (χ0n) is 16.0. The first-order valence-corrected chi connectivity index (χ1v) is 10.3. The highest BCUT2D eigenvalue weighted by Crippen LogP contribution is 2.42. The summed E-state index contributed by atoms with van der Waals surface area (Å²) in [6.45, 7) is 2.95. The number of para-hydroxylation sites is 1. The number of nitrogens with zero attached hydrogens (tertiary/aromatic N) is 1. The highest BCUT2D eigenvalue weighted by atomic mass is 32.2. The SMILES string of the molecule is CC(=O)N1[C@@H](C(=O)O[C@H](C)C(=O)c2c[nH]c3ccccc23)CS[C@@H]1c1ccco1. The van der Waals surface area contributed by atoms with Crippen LogP contribution < -0.4 is 0 Å². The van der Waals surface area contributed by atoms with E-state index in [1.807, 2.05) is 24.3 Å². The van der Waals surface area contributed by atoms with Gasteiger partial charge < -0.3 is 19.0 Å². The lowest BCUT2D eigenvalue weighted by Crippen LogP contribution is -2.44. The lowest BCUT2D eigenvalue weighted by Gasteiger charge is -2.26. The van der Waals surface area contributed by atoms with E-state index < -0.39 is 18.1 Å². The summed E-state index contributed by atoms with van der Waals surface area (Å²) in [6.07, 6.45) is 2.18. The molecule has 150 valence electrons. The van der Waals surface area contributed by atoms with Crippen molar-refractivity contribution in [3.63, 3.8) is 0 Å². The Bertz CT molecular complexity index is 1060. The van der Waals surface area contributed by atoms with Crippen molar-refractivity contribution in [3.8, 4) is 0 Å². The van der Waals surface area contributed by atoms with Gasteiger partial charge in [0, 0.05) is 35.3 Å². The number of amides is 1. The summed E-state index contributed by atoms with van der Waals surface area (Å²) in [4.78, 5) is 42.4. The van der Waals surface area contributed by atoms with Crippen LogP contribution in [0.1, 0.15) is 35.3 Å². The maximum Gasteiger partial charge on any atom is 0.330 e. The topological polar surface area (TPSA) is 92.6 Å². The van der Waals surface area contributed by atoms with Gasteiger partial charge in [0.1, 0.15) is 17.2 Å². The van der Waals surface area contributed by atoms with Crippen LogP contribution in [0.5, 0.6) is 0 Å². The van der Waals surface area contributed by atoms with Gasteiger partial charge in [-0.05, 0) is 25.1 Å². The van der Waals surface area contributed by atoms with Crippen LogP contribution >= 0.6 is 11.8 Å². The number of aromatic amines is 1. The molecule has 8 heteroatoms. The van der Waals surface area contributed by atoms with Crippen molar-refractivity contribution in [1.82, 2.24) is 9.88 Å². The summed E-state index contributed by atoms with van der Waals surface area (Å²) in [6, 6.07) is 10.2. The molecule has 0 unspecified atom stereocenters. The number of benzene rings is 1. The predicted octanol–water partition coefficient (Wildman–Crippen LogP) is 3.54. The lowest BCUT2D eigenvalue weighted by molar-refractivity contribution is -0.155. The van der Waals surface area contributed by atoms with E-state index in [1.54, 1.807) is 25.3 Å². The van der Waals surface area contributed by atoms with Crippen molar-refractivity contribution in [2.75, 3.05) is 5.75 Å². The summed E-state index contributed by atoms with van der Waals surface area (Å²) in [5.41, 5.74) is 1.31. The second-order valence-electron chi connectivity index (χ2n) is 6.83. The van der Waals surface area contributed by atoms with E-state index >= 15 is 0 Å². The van der Waals surface area contributed by atoms with Crippen LogP contribution in [0.15, 0.2) is 53.3 Å². The van der Waals surface area contributed by atoms with Gasteiger partial charge in [0.2, 0.25) is 11.7 Å². The van der Waals surface area contributed by atoms with Crippen LogP contribution in [0.2, 0.25) is 0 Å². The second kappa shape index (κ2) is 7.79. The van der Waals surface area contributed by atoms with Gasteiger partial charge in [0.25, 0.3) is 0 Å². The number of Topliss-reactive ketones (excluding diaryl/α,β-unsaturated/α-hetero) is 1. The van der Waals surface area contributed by atoms with Gasteiger partial charge >= 0.3 is 5.97 Å². The Morgan fingerprint density at radius 2 is 2.03 bits per heavy atom. The largest absolute Gasteiger partial charge is 0.466 e. The highest BCUT2D eigenvalue weighted by molar-refractivity contribution is 7.99. The fourth-order valence-corrected chi connectivity index (χ4v) is 4.94. The molecule has 1 amide bonds. The molecule has 29 heavy (non-hydrogen) atoms. The molecule has 4 rings (SSSR count). The quantitative estimate of drug-likeness (QED) is 0.509. The van der Waals surface area contributed by atoms with Gasteiger partial charge in [-0.2, -0.15) is 0 Å². The fraction of sp³-hybridized carbons (Fsp3) is 0.286. The average Bonchev–Trinajstić information content (AvgIpc) is 3.45. The molecule has 1 aromatic carbocycles. The second-order valence-corrected chi connectivity index (χ2v) is 7.95. The molecule has 1 saturated heterocycles. The molecule has 1 N–H and O–H groups in total. The number of hydrogen-bond acceptors (Lipinski definition) is 6. The first-order chi connectivity index (χ1) is 14.0. The molecule has 1 aliphatic heterocycles. The van der Waals surface area contributed by atoms with Crippen LogP contribution in [0.4, 0.5) is 0 Å². The zero-order chi connectivity index (χ0) is 20.5. The van der Waals surface area contributed by atoms with Crippen molar-refractivity contribution >= 4 is 40.3 Å². The number of esters is 1. The summed E-state index contributed by atoms with van der Waals surface area (Å²) >= 11 is 1.43. The number of thioether (sulfide) groups is 1. The number of H-pyrrole nitrogens is 1. The van der Waals surface area contributed by atoms with Crippen LogP contribution in [0, 0.1) is 0 Å². The van der Waals surface area contributed by atoms with E-state index in [0.717, 1.165) is 10.9 Å². The molecule has 0 radical (unpaired) electrons. The number of hydrogen-bond donors (Lipinski definition) is 1. The predicted molar refractivity (Wildman–Crippen MR) is 108 cm³/mol. The minimum atomic E-state index is -0.969. The van der Waals surface area contributed by atoms with Crippen molar-refractivity contribution < 1.29 is 23.5 Å². The highest BCUT2D eigenvalue weighted by Gasteiger charge is 2.43. The van der Waals surface area contributed by atoms with Crippen molar-refractivity contribution in [2.45, 2.75) is 31.4 Å². The Labute approximate surface area is 171 Å². The molecule has 0 spiro atoms. The van der Waals surface area contributed by atoms with Crippen molar-refractivity contribution in [3.05, 3.63) is 60.2 Å². The fourth-order valence-electron chi connectivity index (χ4n) is 3.52. The first-order valence-electron chi connectivity index (χ1n) is 9.22.